The predicted octanol–water partition coefficient (Wildman–Crippen LogP) is -6.72. The molecule has 0 aromatic rings. The molecule has 28 nitrogen and oxygen atoms in total. The summed E-state index contributed by atoms with van der Waals surface area (Å²) in [5.41, 5.74) is 33.2. The summed E-state index contributed by atoms with van der Waals surface area (Å²) in [7, 11) is -4.98. The van der Waals surface area contributed by atoms with E-state index in [0.717, 1.165) is 4.90 Å². The first-order valence-corrected chi connectivity index (χ1v) is 23.1. The van der Waals surface area contributed by atoms with Crippen LogP contribution in [0.5, 0.6) is 0 Å². The number of unbranched alkanes of at least 4 members (excludes halogenated alkanes) is 1. The molecule has 8 atom stereocenters. The molecule has 20 N–H and O–H groups in total. The van der Waals surface area contributed by atoms with E-state index in [4.69, 9.17) is 44.2 Å². The van der Waals surface area contributed by atoms with Crippen LogP contribution in [-0.4, -0.2) is 179 Å². The summed E-state index contributed by atoms with van der Waals surface area (Å²) in [5, 5.41) is 22.9. The summed E-state index contributed by atoms with van der Waals surface area (Å²) in [5.74, 6) is -5.75. The number of rotatable bonds is 29. The number of aliphatic hydroxyl groups excluding tert-OH is 1. The fourth-order valence-electron chi connectivity index (χ4n) is 7.17. The van der Waals surface area contributed by atoms with E-state index >= 15 is 0 Å². The second-order valence-electron chi connectivity index (χ2n) is 15.8. The number of hydrogen-bond acceptors (Lipinski definition) is 15. The Bertz CT molecular complexity index is 1780. The molecule has 7 amide bonds. The van der Waals surface area contributed by atoms with E-state index in [9.17, 15) is 48.0 Å². The third-order valence-corrected chi connectivity index (χ3v) is 11.0. The lowest BCUT2D eigenvalue weighted by molar-refractivity contribution is -0.144. The van der Waals surface area contributed by atoms with Gasteiger partial charge in [-0.3, -0.25) is 48.1 Å². The Kier molecular flexibility index (Phi) is 24.5. The van der Waals surface area contributed by atoms with E-state index in [2.05, 4.69) is 41.1 Å². The average molecular weight is 962 g/mol. The van der Waals surface area contributed by atoms with Gasteiger partial charge in [-0.2, -0.15) is 0 Å². The molecule has 0 aromatic carbocycles. The predicted molar refractivity (Wildman–Crippen MR) is 237 cm³/mol. The third-order valence-electron chi connectivity index (χ3n) is 10.5. The molecule has 0 unspecified atom stereocenters. The second-order valence-corrected chi connectivity index (χ2v) is 17.1. The zero-order valence-electron chi connectivity index (χ0n) is 37.0. The Morgan fingerprint density at radius 1 is 0.712 bits per heavy atom. The Morgan fingerprint density at radius 3 is 1.64 bits per heavy atom. The van der Waals surface area contributed by atoms with Crippen LogP contribution in [-0.2, 0) is 47.4 Å². The van der Waals surface area contributed by atoms with Crippen molar-refractivity contribution in [3.05, 3.63) is 0 Å². The number of nitrogens with two attached hydrogens (primary N) is 6. The number of phosphoric acid groups is 1. The standard InChI is InChI=1S/C37H68N15O13P/c1-21(39)29(55)47-23(8-2-3-13-38)30(56)49-25(10-5-15-45-37(42)43)34(60)51-16-7-12-28(51)33(59)48-24(9-4-14-44-36(40)41)31(57)50-26(19-54)35(61)52-17-6-11-27(52)32(58)46-22(18-53)20-65-66(62,63)64/h18,21-28,54H,2-17,19-20,38-39H2,1H3,(H,46,58)(H,47,55)(H,48,59)(H,49,56)(H,50,57)(H4,40,41,44)(H4,42,43,45)(H2,62,63,64)/t21-,22+,23-,24-,25-,26-,27-,28-/m0/s1. The van der Waals surface area contributed by atoms with Gasteiger partial charge >= 0.3 is 7.82 Å². The number of aldehydes is 1. The summed E-state index contributed by atoms with van der Waals surface area (Å²) in [6.07, 6.45) is 2.63. The maximum Gasteiger partial charge on any atom is 0.469 e. The van der Waals surface area contributed by atoms with Crippen LogP contribution in [0.25, 0.3) is 0 Å². The average Bonchev–Trinajstić information content (AvgIpc) is 3.96. The number of phosphoric ester groups is 1. The number of aliphatic hydroxyl groups is 1. The summed E-state index contributed by atoms with van der Waals surface area (Å²) in [4.78, 5) is 135. The molecule has 0 saturated carbocycles. The van der Waals surface area contributed by atoms with Crippen LogP contribution in [0.3, 0.4) is 0 Å². The summed E-state index contributed by atoms with van der Waals surface area (Å²) < 4.78 is 15.4. The topological polar surface area (TPSA) is 471 Å². The van der Waals surface area contributed by atoms with Gasteiger partial charge in [0.25, 0.3) is 0 Å². The van der Waals surface area contributed by atoms with Crippen molar-refractivity contribution in [2.45, 2.75) is 126 Å². The molecule has 2 aliphatic rings. The van der Waals surface area contributed by atoms with Crippen molar-refractivity contribution in [2.75, 3.05) is 45.9 Å². The normalized spacial score (nSPS) is 18.6. The number of guanidine groups is 2. The first-order chi connectivity index (χ1) is 31.1. The molecular formula is C37H68N15O13P. The van der Waals surface area contributed by atoms with E-state index in [0.29, 0.717) is 32.2 Å². The van der Waals surface area contributed by atoms with E-state index < -0.39 is 111 Å². The van der Waals surface area contributed by atoms with Crippen molar-refractivity contribution in [1.29, 1.82) is 0 Å². The van der Waals surface area contributed by atoms with Crippen LogP contribution in [0.4, 0.5) is 0 Å². The van der Waals surface area contributed by atoms with Gasteiger partial charge in [0.2, 0.25) is 41.4 Å². The van der Waals surface area contributed by atoms with Crippen LogP contribution in [0, 0.1) is 0 Å². The van der Waals surface area contributed by atoms with Crippen LogP contribution in [0.2, 0.25) is 0 Å². The lowest BCUT2D eigenvalue weighted by Crippen LogP contribution is -2.60. The van der Waals surface area contributed by atoms with Crippen molar-refractivity contribution in [2.24, 2.45) is 44.4 Å². The highest BCUT2D eigenvalue weighted by Gasteiger charge is 2.41. The van der Waals surface area contributed by atoms with Crippen molar-refractivity contribution in [1.82, 2.24) is 36.4 Å². The smallest absolute Gasteiger partial charge is 0.394 e. The van der Waals surface area contributed by atoms with Crippen LogP contribution >= 0.6 is 7.82 Å². The van der Waals surface area contributed by atoms with Gasteiger partial charge in [0.1, 0.15) is 48.6 Å². The van der Waals surface area contributed by atoms with Crippen LogP contribution < -0.4 is 61.0 Å². The molecule has 2 aliphatic heterocycles. The molecular weight excluding hydrogens is 893 g/mol. The minimum atomic E-state index is -4.98. The highest BCUT2D eigenvalue weighted by molar-refractivity contribution is 7.46. The van der Waals surface area contributed by atoms with Gasteiger partial charge in [-0.25, -0.2) is 4.57 Å². The zero-order chi connectivity index (χ0) is 49.6. The number of carbonyl (C=O) groups excluding carboxylic acids is 8. The van der Waals surface area contributed by atoms with Crippen LogP contribution in [0.15, 0.2) is 9.98 Å². The second kappa shape index (κ2) is 28.5. The van der Waals surface area contributed by atoms with E-state index in [1.165, 1.54) is 11.8 Å². The van der Waals surface area contributed by atoms with E-state index in [1.54, 1.807) is 0 Å². The molecule has 0 radical (unpaired) electrons. The van der Waals surface area contributed by atoms with Crippen molar-refractivity contribution in [3.63, 3.8) is 0 Å². The molecule has 2 saturated heterocycles. The summed E-state index contributed by atoms with van der Waals surface area (Å²) >= 11 is 0. The lowest BCUT2D eigenvalue weighted by Gasteiger charge is -2.31. The van der Waals surface area contributed by atoms with Crippen LogP contribution in [0.1, 0.15) is 77.6 Å². The van der Waals surface area contributed by atoms with Gasteiger partial charge in [-0.15, -0.1) is 0 Å². The van der Waals surface area contributed by atoms with Gasteiger partial charge in [0, 0.05) is 26.2 Å². The fraction of sp³-hybridized carbons (Fsp3) is 0.730. The lowest BCUT2D eigenvalue weighted by atomic mass is 10.0. The Balaban J connectivity index is 2.33. The minimum absolute atomic E-state index is 0.00444. The Labute approximate surface area is 381 Å². The molecule has 0 spiro atoms. The first-order valence-electron chi connectivity index (χ1n) is 21.6. The Morgan fingerprint density at radius 2 is 1.17 bits per heavy atom. The highest BCUT2D eigenvalue weighted by Crippen LogP contribution is 2.35. The first kappa shape index (κ1) is 56.6. The van der Waals surface area contributed by atoms with Crippen molar-refractivity contribution in [3.8, 4) is 0 Å². The SMILES string of the molecule is C[C@H](N)C(=O)N[C@@H](CCCCN)C(=O)N[C@@H](CCCN=C(N)N)C(=O)N1CCC[C@H]1C(=O)N[C@@H](CCCN=C(N)N)C(=O)N[C@@H](CO)C(=O)N1CCC[C@H]1C(=O)N[C@H](C=O)COP(=O)(O)O. The minimum Gasteiger partial charge on any atom is -0.394 e. The maximum absolute atomic E-state index is 14.3. The van der Waals surface area contributed by atoms with Gasteiger partial charge in [-0.1, -0.05) is 0 Å². The molecule has 2 rings (SSSR count). The number of likely N-dealkylation sites (tertiary alicyclic amines) is 2. The van der Waals surface area contributed by atoms with Gasteiger partial charge < -0.3 is 90.5 Å². The highest BCUT2D eigenvalue weighted by atomic mass is 31.2. The third kappa shape index (κ3) is 19.5. The van der Waals surface area contributed by atoms with Gasteiger partial charge in [0.15, 0.2) is 11.9 Å². The summed E-state index contributed by atoms with van der Waals surface area (Å²) in [6, 6.07) is -10.0. The molecule has 0 aliphatic carbocycles. The number of hydrogen-bond donors (Lipinski definition) is 14. The summed E-state index contributed by atoms with van der Waals surface area (Å²) in [6.45, 7) is 0.218. The zero-order valence-corrected chi connectivity index (χ0v) is 37.9. The number of amides is 7. The molecule has 2 heterocycles. The monoisotopic (exact) mass is 961 g/mol. The molecule has 0 aromatic heterocycles. The quantitative estimate of drug-likeness (QED) is 0.0109. The molecule has 2 fully saturated rings. The van der Waals surface area contributed by atoms with Crippen molar-refractivity contribution < 1.29 is 62.3 Å². The van der Waals surface area contributed by atoms with Gasteiger partial charge in [-0.05, 0) is 84.1 Å². The molecule has 29 heteroatoms. The van der Waals surface area contributed by atoms with Crippen molar-refractivity contribution >= 4 is 67.4 Å². The van der Waals surface area contributed by atoms with E-state index in [1.807, 2.05) is 0 Å². The van der Waals surface area contributed by atoms with E-state index in [-0.39, 0.29) is 89.3 Å². The molecule has 374 valence electrons. The number of carbonyl (C=O) groups is 8. The molecule has 66 heavy (non-hydrogen) atoms. The number of nitrogens with one attached hydrogen (secondary N) is 5. The maximum atomic E-state index is 14.3. The number of aliphatic imine (C=N–C) groups is 2. The number of nitrogens with zero attached hydrogens (tertiary/aromatic N) is 4. The molecule has 0 bridgehead atoms. The fourth-order valence-corrected chi connectivity index (χ4v) is 7.53. The van der Waals surface area contributed by atoms with Gasteiger partial charge in [0.05, 0.1) is 19.3 Å². The Hall–Kier alpha value is -5.51. The largest absolute Gasteiger partial charge is 0.469 e.